The number of nitrogens with zero attached hydrogens (tertiary/aromatic N) is 2. The van der Waals surface area contributed by atoms with Crippen LogP contribution in [-0.4, -0.2) is 9.55 Å². The monoisotopic (exact) mass is 448 g/mol. The quantitative estimate of drug-likeness (QED) is 0.241. The molecule has 0 atom stereocenters. The molecule has 0 fully saturated rings. The molecule has 4 aromatic carbocycles. The maximum absolute atomic E-state index is 6.08. The Bertz CT molecular complexity index is 1200. The zero-order valence-corrected chi connectivity index (χ0v) is 19.1. The van der Waals surface area contributed by atoms with Crippen molar-refractivity contribution in [1.29, 1.82) is 0 Å². The van der Waals surface area contributed by atoms with E-state index in [2.05, 4.69) is 114 Å². The summed E-state index contributed by atoms with van der Waals surface area (Å²) in [4.78, 5) is 4.83. The summed E-state index contributed by atoms with van der Waals surface area (Å²) in [6, 6.07) is 40.2. The summed E-state index contributed by atoms with van der Waals surface area (Å²) in [7, 11) is 0. The van der Waals surface area contributed by atoms with Crippen LogP contribution >= 0.6 is 11.6 Å². The van der Waals surface area contributed by atoms with Crippen molar-refractivity contribution in [1.82, 2.24) is 9.55 Å². The SMILES string of the molecule is Clc1ccc(CCc2nccn2C(c2ccccc2)(c2ccccc2)c2ccccc2)cc1. The highest BCUT2D eigenvalue weighted by molar-refractivity contribution is 6.30. The second-order valence-corrected chi connectivity index (χ2v) is 8.58. The van der Waals surface area contributed by atoms with Crippen LogP contribution in [0.4, 0.5) is 0 Å². The number of hydrogen-bond donors (Lipinski definition) is 0. The molecule has 0 aliphatic heterocycles. The number of rotatable bonds is 7. The molecule has 0 saturated heterocycles. The van der Waals surface area contributed by atoms with Gasteiger partial charge in [0.25, 0.3) is 0 Å². The second kappa shape index (κ2) is 9.48. The molecular formula is C30H25ClN2. The minimum Gasteiger partial charge on any atom is -0.316 e. The molecule has 2 nitrogen and oxygen atoms in total. The number of benzene rings is 4. The van der Waals surface area contributed by atoms with E-state index in [1.165, 1.54) is 22.3 Å². The summed E-state index contributed by atoms with van der Waals surface area (Å²) in [5, 5.41) is 0.761. The summed E-state index contributed by atoms with van der Waals surface area (Å²) >= 11 is 6.08. The lowest BCUT2D eigenvalue weighted by Crippen LogP contribution is -2.38. The van der Waals surface area contributed by atoms with Crippen molar-refractivity contribution >= 4 is 11.6 Å². The van der Waals surface area contributed by atoms with Crippen molar-refractivity contribution in [2.45, 2.75) is 18.4 Å². The van der Waals surface area contributed by atoms with E-state index in [0.29, 0.717) is 0 Å². The smallest absolute Gasteiger partial charge is 0.121 e. The van der Waals surface area contributed by atoms with Crippen molar-refractivity contribution in [3.8, 4) is 0 Å². The molecule has 0 spiro atoms. The van der Waals surface area contributed by atoms with E-state index in [9.17, 15) is 0 Å². The van der Waals surface area contributed by atoms with Gasteiger partial charge in [0.15, 0.2) is 0 Å². The normalized spacial score (nSPS) is 11.4. The molecule has 0 aliphatic carbocycles. The zero-order chi connectivity index (χ0) is 22.5. The van der Waals surface area contributed by atoms with E-state index < -0.39 is 5.54 Å². The number of aryl methyl sites for hydroxylation is 2. The van der Waals surface area contributed by atoms with Gasteiger partial charge in [-0.25, -0.2) is 4.98 Å². The van der Waals surface area contributed by atoms with Crippen LogP contribution in [0.1, 0.15) is 28.1 Å². The molecule has 3 heteroatoms. The van der Waals surface area contributed by atoms with E-state index in [1.807, 2.05) is 18.3 Å². The van der Waals surface area contributed by atoms with Crippen LogP contribution in [0.3, 0.4) is 0 Å². The van der Waals surface area contributed by atoms with E-state index in [1.54, 1.807) is 0 Å². The maximum Gasteiger partial charge on any atom is 0.121 e. The van der Waals surface area contributed by atoms with Crippen molar-refractivity contribution in [2.24, 2.45) is 0 Å². The molecule has 0 aliphatic rings. The minimum absolute atomic E-state index is 0.532. The first-order chi connectivity index (χ1) is 16.3. The van der Waals surface area contributed by atoms with Crippen LogP contribution < -0.4 is 0 Å². The molecule has 33 heavy (non-hydrogen) atoms. The third-order valence-electron chi connectivity index (χ3n) is 6.20. The Labute approximate surface area is 200 Å². The van der Waals surface area contributed by atoms with Crippen molar-refractivity contribution in [2.75, 3.05) is 0 Å². The largest absolute Gasteiger partial charge is 0.316 e. The predicted octanol–water partition coefficient (Wildman–Crippen LogP) is 7.16. The van der Waals surface area contributed by atoms with Crippen molar-refractivity contribution in [3.05, 3.63) is 161 Å². The molecule has 0 amide bonds. The first kappa shape index (κ1) is 21.2. The summed E-state index contributed by atoms with van der Waals surface area (Å²) in [5.74, 6) is 1.04. The van der Waals surface area contributed by atoms with Crippen LogP contribution in [0, 0.1) is 0 Å². The molecular weight excluding hydrogens is 424 g/mol. The average molecular weight is 449 g/mol. The summed E-state index contributed by atoms with van der Waals surface area (Å²) < 4.78 is 2.35. The number of hydrogen-bond acceptors (Lipinski definition) is 1. The van der Waals surface area contributed by atoms with Gasteiger partial charge in [-0.2, -0.15) is 0 Å². The molecule has 1 aromatic heterocycles. The lowest BCUT2D eigenvalue weighted by molar-refractivity contribution is 0.491. The summed E-state index contributed by atoms with van der Waals surface area (Å²) in [6.07, 6.45) is 5.75. The molecule has 0 bridgehead atoms. The van der Waals surface area contributed by atoms with Gasteiger partial charge in [0.2, 0.25) is 0 Å². The Balaban J connectivity index is 1.69. The fraction of sp³-hybridized carbons (Fsp3) is 0.100. The van der Waals surface area contributed by atoms with E-state index in [-0.39, 0.29) is 0 Å². The Hall–Kier alpha value is -3.62. The standard InChI is InChI=1S/C30H25ClN2/c31-28-19-16-24(17-20-28)18-21-29-32-22-23-33(29)30(25-10-4-1-5-11-25,26-12-6-2-7-13-26)27-14-8-3-9-15-27/h1-17,19-20,22-23H,18,21H2. The predicted molar refractivity (Wildman–Crippen MR) is 136 cm³/mol. The summed E-state index contributed by atoms with van der Waals surface area (Å²) in [6.45, 7) is 0. The van der Waals surface area contributed by atoms with E-state index >= 15 is 0 Å². The van der Waals surface area contributed by atoms with Crippen molar-refractivity contribution < 1.29 is 0 Å². The fourth-order valence-corrected chi connectivity index (χ4v) is 4.81. The third kappa shape index (κ3) is 4.10. The number of aromatic nitrogens is 2. The molecule has 0 saturated carbocycles. The highest BCUT2D eigenvalue weighted by Gasteiger charge is 2.39. The van der Waals surface area contributed by atoms with Crippen LogP contribution in [0.5, 0.6) is 0 Å². The molecule has 5 rings (SSSR count). The maximum atomic E-state index is 6.08. The van der Waals surface area contributed by atoms with Gasteiger partial charge < -0.3 is 4.57 Å². The van der Waals surface area contributed by atoms with Gasteiger partial charge in [-0.1, -0.05) is 115 Å². The molecule has 0 unspecified atom stereocenters. The molecule has 0 N–H and O–H groups in total. The van der Waals surface area contributed by atoms with Gasteiger partial charge in [-0.15, -0.1) is 0 Å². The first-order valence-corrected chi connectivity index (χ1v) is 11.6. The minimum atomic E-state index is -0.532. The molecule has 162 valence electrons. The van der Waals surface area contributed by atoms with Crippen LogP contribution in [-0.2, 0) is 18.4 Å². The fourth-order valence-electron chi connectivity index (χ4n) is 4.69. The topological polar surface area (TPSA) is 17.8 Å². The second-order valence-electron chi connectivity index (χ2n) is 8.15. The van der Waals surface area contributed by atoms with Crippen LogP contribution in [0.15, 0.2) is 128 Å². The lowest BCUT2D eigenvalue weighted by Gasteiger charge is -2.38. The Morgan fingerprint density at radius 3 is 1.58 bits per heavy atom. The van der Waals surface area contributed by atoms with Gasteiger partial charge >= 0.3 is 0 Å². The Morgan fingerprint density at radius 2 is 1.09 bits per heavy atom. The van der Waals surface area contributed by atoms with Crippen molar-refractivity contribution in [3.63, 3.8) is 0 Å². The molecule has 5 aromatic rings. The van der Waals surface area contributed by atoms with Gasteiger partial charge in [-0.3, -0.25) is 0 Å². The molecule has 0 radical (unpaired) electrons. The van der Waals surface area contributed by atoms with E-state index in [4.69, 9.17) is 16.6 Å². The number of halogens is 1. The number of imidazole rings is 1. The molecule has 1 heterocycles. The van der Waals surface area contributed by atoms with Gasteiger partial charge in [0.1, 0.15) is 11.4 Å². The lowest BCUT2D eigenvalue weighted by atomic mass is 9.76. The summed E-state index contributed by atoms with van der Waals surface area (Å²) in [5.41, 5.74) is 4.32. The van der Waals surface area contributed by atoms with Gasteiger partial charge in [-0.05, 0) is 40.8 Å². The third-order valence-corrected chi connectivity index (χ3v) is 6.46. The van der Waals surface area contributed by atoms with Crippen LogP contribution in [0.2, 0.25) is 5.02 Å². The Kier molecular flexibility index (Phi) is 6.10. The van der Waals surface area contributed by atoms with Crippen LogP contribution in [0.25, 0.3) is 0 Å². The van der Waals surface area contributed by atoms with Gasteiger partial charge in [0, 0.05) is 23.8 Å². The highest BCUT2D eigenvalue weighted by atomic mass is 35.5. The van der Waals surface area contributed by atoms with Gasteiger partial charge in [0.05, 0.1) is 0 Å². The van der Waals surface area contributed by atoms with E-state index in [0.717, 1.165) is 23.7 Å². The zero-order valence-electron chi connectivity index (χ0n) is 18.3. The Morgan fingerprint density at radius 1 is 0.606 bits per heavy atom. The average Bonchev–Trinajstić information content (AvgIpc) is 3.35. The first-order valence-electron chi connectivity index (χ1n) is 11.2. The highest BCUT2D eigenvalue weighted by Crippen LogP contribution is 2.41.